The van der Waals surface area contributed by atoms with Crippen LogP contribution < -0.4 is 5.32 Å². The normalized spacial score (nSPS) is 18.3. The highest BCUT2D eigenvalue weighted by molar-refractivity contribution is 6.30. The lowest BCUT2D eigenvalue weighted by molar-refractivity contribution is -0.138. The molecule has 0 saturated carbocycles. The highest BCUT2D eigenvalue weighted by atomic mass is 35.5. The van der Waals surface area contributed by atoms with E-state index in [2.05, 4.69) is 22.3 Å². The number of amides is 2. The number of carbonyl (C=O) groups excluding carboxylic acids is 1. The molecule has 2 aromatic rings. The summed E-state index contributed by atoms with van der Waals surface area (Å²) in [5.74, 6) is 0. The fourth-order valence-electron chi connectivity index (χ4n) is 4.21. The van der Waals surface area contributed by atoms with Crippen molar-refractivity contribution in [2.75, 3.05) is 26.2 Å². The zero-order valence-electron chi connectivity index (χ0n) is 15.7. The Bertz CT molecular complexity index is 890. The Labute approximate surface area is 172 Å². The van der Waals surface area contributed by atoms with Gasteiger partial charge in [-0.15, -0.1) is 0 Å². The summed E-state index contributed by atoms with van der Waals surface area (Å²) in [6.45, 7) is 3.84. The largest absolute Gasteiger partial charge is 0.416 e. The van der Waals surface area contributed by atoms with Gasteiger partial charge in [0, 0.05) is 49.7 Å². The molecule has 0 unspecified atom stereocenters. The Morgan fingerprint density at radius 1 is 1.07 bits per heavy atom. The molecule has 8 heteroatoms. The SMILES string of the molecule is O=C(NCc1ccc(Cl)cc1C(F)(F)F)N1CC2(CN(Cc3ccccc3)C2)C1. The fraction of sp³-hybridized carbons (Fsp3) is 0.381. The Morgan fingerprint density at radius 2 is 1.76 bits per heavy atom. The maximum Gasteiger partial charge on any atom is 0.416 e. The molecular weight excluding hydrogens is 403 g/mol. The number of hydrogen-bond acceptors (Lipinski definition) is 2. The zero-order chi connectivity index (χ0) is 20.6. The summed E-state index contributed by atoms with van der Waals surface area (Å²) in [7, 11) is 0. The summed E-state index contributed by atoms with van der Waals surface area (Å²) in [6, 6.07) is 13.5. The maximum absolute atomic E-state index is 13.2. The van der Waals surface area contributed by atoms with Crippen LogP contribution >= 0.6 is 11.6 Å². The van der Waals surface area contributed by atoms with Gasteiger partial charge in [0.05, 0.1) is 5.56 Å². The molecule has 154 valence electrons. The lowest BCUT2D eigenvalue weighted by Gasteiger charge is -2.60. The van der Waals surface area contributed by atoms with E-state index in [-0.39, 0.29) is 28.6 Å². The Kier molecular flexibility index (Phi) is 5.21. The summed E-state index contributed by atoms with van der Waals surface area (Å²) >= 11 is 5.68. The molecule has 2 heterocycles. The smallest absolute Gasteiger partial charge is 0.334 e. The molecule has 2 saturated heterocycles. The van der Waals surface area contributed by atoms with Crippen molar-refractivity contribution in [3.63, 3.8) is 0 Å². The predicted molar refractivity (Wildman–Crippen MR) is 104 cm³/mol. The van der Waals surface area contributed by atoms with Crippen LogP contribution in [0.5, 0.6) is 0 Å². The van der Waals surface area contributed by atoms with E-state index in [0.29, 0.717) is 13.1 Å². The second kappa shape index (κ2) is 7.54. The van der Waals surface area contributed by atoms with Crippen molar-refractivity contribution in [1.29, 1.82) is 0 Å². The first-order chi connectivity index (χ1) is 13.7. The molecule has 2 aromatic carbocycles. The molecular formula is C21H21ClF3N3O. The molecule has 0 aromatic heterocycles. The average molecular weight is 424 g/mol. The van der Waals surface area contributed by atoms with Crippen LogP contribution in [0.2, 0.25) is 5.02 Å². The summed E-state index contributed by atoms with van der Waals surface area (Å²) in [5.41, 5.74) is 0.576. The molecule has 1 spiro atoms. The van der Waals surface area contributed by atoms with Gasteiger partial charge in [0.15, 0.2) is 0 Å². The first-order valence-corrected chi connectivity index (χ1v) is 9.77. The highest BCUT2D eigenvalue weighted by Gasteiger charge is 2.52. The van der Waals surface area contributed by atoms with Crippen molar-refractivity contribution in [3.8, 4) is 0 Å². The van der Waals surface area contributed by atoms with Gasteiger partial charge in [-0.25, -0.2) is 4.79 Å². The summed E-state index contributed by atoms with van der Waals surface area (Å²) < 4.78 is 39.5. The number of likely N-dealkylation sites (tertiary alicyclic amines) is 2. The van der Waals surface area contributed by atoms with E-state index in [4.69, 9.17) is 11.6 Å². The second-order valence-corrected chi connectivity index (χ2v) is 8.38. The second-order valence-electron chi connectivity index (χ2n) is 7.94. The summed E-state index contributed by atoms with van der Waals surface area (Å²) in [6.07, 6.45) is -4.51. The van der Waals surface area contributed by atoms with Crippen LogP contribution in [0.3, 0.4) is 0 Å². The van der Waals surface area contributed by atoms with E-state index in [9.17, 15) is 18.0 Å². The Balaban J connectivity index is 1.25. The van der Waals surface area contributed by atoms with Crippen LogP contribution in [0.1, 0.15) is 16.7 Å². The van der Waals surface area contributed by atoms with E-state index in [1.165, 1.54) is 17.7 Å². The molecule has 0 radical (unpaired) electrons. The number of nitrogens with one attached hydrogen (secondary N) is 1. The number of alkyl halides is 3. The molecule has 0 atom stereocenters. The summed E-state index contributed by atoms with van der Waals surface area (Å²) in [5, 5.41) is 2.62. The van der Waals surface area contributed by atoms with E-state index in [0.717, 1.165) is 25.7 Å². The lowest BCUT2D eigenvalue weighted by atomic mass is 9.73. The topological polar surface area (TPSA) is 35.6 Å². The van der Waals surface area contributed by atoms with Gasteiger partial charge in [-0.2, -0.15) is 13.2 Å². The number of carbonyl (C=O) groups is 1. The van der Waals surface area contributed by atoms with Gasteiger partial charge in [0.1, 0.15) is 0 Å². The van der Waals surface area contributed by atoms with Crippen molar-refractivity contribution in [2.24, 2.45) is 5.41 Å². The average Bonchev–Trinajstić information content (AvgIpc) is 2.61. The molecule has 4 nitrogen and oxygen atoms in total. The van der Waals surface area contributed by atoms with Crippen LogP contribution in [0, 0.1) is 5.41 Å². The van der Waals surface area contributed by atoms with Crippen LogP contribution in [-0.2, 0) is 19.3 Å². The molecule has 2 amide bonds. The van der Waals surface area contributed by atoms with Crippen molar-refractivity contribution >= 4 is 17.6 Å². The standard InChI is InChI=1S/C21H21ClF3N3O/c22-17-7-6-16(18(8-17)21(23,24)25)9-26-19(29)28-13-20(14-28)11-27(12-20)10-15-4-2-1-3-5-15/h1-8H,9-14H2,(H,26,29). The van der Waals surface area contributed by atoms with E-state index in [1.807, 2.05) is 18.2 Å². The van der Waals surface area contributed by atoms with Crippen molar-refractivity contribution in [1.82, 2.24) is 15.1 Å². The first-order valence-electron chi connectivity index (χ1n) is 9.39. The van der Waals surface area contributed by atoms with E-state index >= 15 is 0 Å². The Morgan fingerprint density at radius 3 is 2.41 bits per heavy atom. The maximum atomic E-state index is 13.2. The fourth-order valence-corrected chi connectivity index (χ4v) is 4.38. The highest BCUT2D eigenvalue weighted by Crippen LogP contribution is 2.40. The molecule has 1 N–H and O–H groups in total. The van der Waals surface area contributed by atoms with E-state index in [1.54, 1.807) is 4.90 Å². The minimum absolute atomic E-state index is 0.00293. The Hall–Kier alpha value is -2.25. The van der Waals surface area contributed by atoms with Gasteiger partial charge < -0.3 is 10.2 Å². The van der Waals surface area contributed by atoms with Gasteiger partial charge in [-0.1, -0.05) is 48.0 Å². The van der Waals surface area contributed by atoms with Crippen LogP contribution in [-0.4, -0.2) is 42.0 Å². The summed E-state index contributed by atoms with van der Waals surface area (Å²) in [4.78, 5) is 16.3. The molecule has 2 aliphatic heterocycles. The number of halogens is 4. The van der Waals surface area contributed by atoms with Crippen LogP contribution in [0.4, 0.5) is 18.0 Å². The number of benzene rings is 2. The molecule has 0 aliphatic carbocycles. The number of hydrogen-bond donors (Lipinski definition) is 1. The molecule has 2 fully saturated rings. The van der Waals surface area contributed by atoms with Crippen molar-refractivity contribution in [2.45, 2.75) is 19.3 Å². The monoisotopic (exact) mass is 423 g/mol. The van der Waals surface area contributed by atoms with Gasteiger partial charge in [-0.05, 0) is 23.3 Å². The van der Waals surface area contributed by atoms with Gasteiger partial charge in [-0.3, -0.25) is 4.90 Å². The van der Waals surface area contributed by atoms with E-state index < -0.39 is 11.7 Å². The number of rotatable bonds is 4. The van der Waals surface area contributed by atoms with Crippen molar-refractivity contribution in [3.05, 3.63) is 70.2 Å². The number of nitrogens with zero attached hydrogens (tertiary/aromatic N) is 2. The van der Waals surface area contributed by atoms with Gasteiger partial charge in [0.2, 0.25) is 0 Å². The predicted octanol–water partition coefficient (Wildman–Crippen LogP) is 4.39. The van der Waals surface area contributed by atoms with Crippen LogP contribution in [0.15, 0.2) is 48.5 Å². The number of urea groups is 1. The third kappa shape index (κ3) is 4.36. The minimum Gasteiger partial charge on any atom is -0.334 e. The quantitative estimate of drug-likeness (QED) is 0.791. The first kappa shape index (κ1) is 20.0. The van der Waals surface area contributed by atoms with Crippen LogP contribution in [0.25, 0.3) is 0 Å². The molecule has 0 bridgehead atoms. The third-order valence-electron chi connectivity index (χ3n) is 5.51. The lowest BCUT2D eigenvalue weighted by Crippen LogP contribution is -2.73. The zero-order valence-corrected chi connectivity index (χ0v) is 16.4. The van der Waals surface area contributed by atoms with Crippen molar-refractivity contribution < 1.29 is 18.0 Å². The minimum atomic E-state index is -4.51. The van der Waals surface area contributed by atoms with Gasteiger partial charge in [0.25, 0.3) is 0 Å². The van der Waals surface area contributed by atoms with Gasteiger partial charge >= 0.3 is 12.2 Å². The molecule has 4 rings (SSSR count). The molecule has 2 aliphatic rings. The molecule has 29 heavy (non-hydrogen) atoms. The third-order valence-corrected chi connectivity index (χ3v) is 5.75.